The Balaban J connectivity index is 2.01. The highest BCUT2D eigenvalue weighted by molar-refractivity contribution is 5.59. The Morgan fingerprint density at radius 2 is 2.24 bits per heavy atom. The summed E-state index contributed by atoms with van der Waals surface area (Å²) in [7, 11) is 0. The predicted octanol–water partition coefficient (Wildman–Crippen LogP) is 2.21. The Morgan fingerprint density at radius 3 is 2.86 bits per heavy atom. The number of aromatic nitrogens is 4. The van der Waals surface area contributed by atoms with Gasteiger partial charge in [0.1, 0.15) is 5.69 Å². The van der Waals surface area contributed by atoms with Crippen LogP contribution in [0, 0.1) is 17.0 Å². The normalized spacial score (nSPS) is 10.8. The van der Waals surface area contributed by atoms with Gasteiger partial charge in [-0.2, -0.15) is 10.2 Å². The van der Waals surface area contributed by atoms with Crippen molar-refractivity contribution in [3.8, 4) is 0 Å². The minimum Gasteiger partial charge on any atom is -0.364 e. The van der Waals surface area contributed by atoms with E-state index in [4.69, 9.17) is 0 Å². The monoisotopic (exact) mass is 292 g/mol. The topological polar surface area (TPSA) is 90.8 Å². The summed E-state index contributed by atoms with van der Waals surface area (Å²) in [6, 6.07) is 1.87. The number of nitro groups is 1. The van der Waals surface area contributed by atoms with Crippen molar-refractivity contribution < 1.29 is 4.92 Å². The Bertz CT molecular complexity index is 590. The van der Waals surface area contributed by atoms with Gasteiger partial charge in [-0.1, -0.05) is 6.92 Å². The highest BCUT2D eigenvalue weighted by Crippen LogP contribution is 2.28. The van der Waals surface area contributed by atoms with Crippen LogP contribution in [0.4, 0.5) is 11.5 Å². The fourth-order valence-electron chi connectivity index (χ4n) is 2.22. The van der Waals surface area contributed by atoms with Gasteiger partial charge in [-0.05, 0) is 25.8 Å². The second kappa shape index (κ2) is 6.87. The molecular formula is C13H20N6O2. The molecule has 0 aliphatic rings. The van der Waals surface area contributed by atoms with Crippen molar-refractivity contribution in [1.29, 1.82) is 0 Å². The molecule has 0 atom stereocenters. The first-order chi connectivity index (χ1) is 10.1. The first kappa shape index (κ1) is 15.0. The fraction of sp³-hybridized carbons (Fsp3) is 0.538. The summed E-state index contributed by atoms with van der Waals surface area (Å²) in [4.78, 5) is 10.8. The maximum atomic E-state index is 11.2. The number of hydrogen-bond acceptors (Lipinski definition) is 5. The van der Waals surface area contributed by atoms with Crippen LogP contribution >= 0.6 is 0 Å². The number of nitrogens with one attached hydrogen (secondary N) is 1. The molecule has 0 radical (unpaired) electrons. The van der Waals surface area contributed by atoms with E-state index in [2.05, 4.69) is 15.5 Å². The minimum absolute atomic E-state index is 0.0718. The van der Waals surface area contributed by atoms with Crippen molar-refractivity contribution in [1.82, 2.24) is 19.6 Å². The first-order valence-corrected chi connectivity index (χ1v) is 7.06. The molecular weight excluding hydrogens is 272 g/mol. The molecule has 1 N–H and O–H groups in total. The van der Waals surface area contributed by atoms with Crippen LogP contribution in [-0.2, 0) is 13.1 Å². The molecule has 8 heteroatoms. The zero-order valence-corrected chi connectivity index (χ0v) is 12.3. The molecule has 0 spiro atoms. The van der Waals surface area contributed by atoms with Gasteiger partial charge in [0.05, 0.1) is 4.92 Å². The molecule has 0 aromatic carbocycles. The standard InChI is InChI=1S/C13H20N6O2/c1-3-8-18-13(12(19(20)21)11(2)16-18)14-6-4-9-17-10-5-7-15-17/h5,7,10,14H,3-4,6,8-9H2,1-2H3. The van der Waals surface area contributed by atoms with Crippen LogP contribution in [-0.4, -0.2) is 31.0 Å². The van der Waals surface area contributed by atoms with Gasteiger partial charge in [0, 0.05) is 32.0 Å². The molecule has 21 heavy (non-hydrogen) atoms. The molecule has 0 saturated heterocycles. The second-order valence-corrected chi connectivity index (χ2v) is 4.81. The highest BCUT2D eigenvalue weighted by Gasteiger charge is 2.24. The number of aryl methyl sites for hydroxylation is 3. The molecule has 0 saturated carbocycles. The molecule has 0 bridgehead atoms. The molecule has 114 valence electrons. The lowest BCUT2D eigenvalue weighted by atomic mass is 10.3. The van der Waals surface area contributed by atoms with Crippen molar-refractivity contribution in [3.05, 3.63) is 34.3 Å². The minimum atomic E-state index is -0.371. The molecule has 8 nitrogen and oxygen atoms in total. The predicted molar refractivity (Wildman–Crippen MR) is 79.2 cm³/mol. The quantitative estimate of drug-likeness (QED) is 0.457. The van der Waals surface area contributed by atoms with E-state index in [1.54, 1.807) is 17.8 Å². The van der Waals surface area contributed by atoms with Crippen LogP contribution in [0.15, 0.2) is 18.5 Å². The van der Waals surface area contributed by atoms with Crippen molar-refractivity contribution in [2.24, 2.45) is 0 Å². The van der Waals surface area contributed by atoms with Gasteiger partial charge in [-0.25, -0.2) is 4.68 Å². The van der Waals surface area contributed by atoms with Crippen LogP contribution in [0.1, 0.15) is 25.5 Å². The van der Waals surface area contributed by atoms with Gasteiger partial charge in [0.15, 0.2) is 0 Å². The van der Waals surface area contributed by atoms with Crippen LogP contribution in [0.3, 0.4) is 0 Å². The maximum absolute atomic E-state index is 11.2. The average Bonchev–Trinajstić information content (AvgIpc) is 3.03. The lowest BCUT2D eigenvalue weighted by Crippen LogP contribution is -2.12. The van der Waals surface area contributed by atoms with Gasteiger partial charge < -0.3 is 5.32 Å². The van der Waals surface area contributed by atoms with Crippen molar-refractivity contribution >= 4 is 11.5 Å². The van der Waals surface area contributed by atoms with Crippen molar-refractivity contribution in [3.63, 3.8) is 0 Å². The van der Waals surface area contributed by atoms with E-state index in [0.29, 0.717) is 24.6 Å². The second-order valence-electron chi connectivity index (χ2n) is 4.81. The Morgan fingerprint density at radius 1 is 1.43 bits per heavy atom. The van der Waals surface area contributed by atoms with Crippen molar-refractivity contribution in [2.75, 3.05) is 11.9 Å². The zero-order valence-electron chi connectivity index (χ0n) is 12.3. The van der Waals surface area contributed by atoms with Gasteiger partial charge in [-0.15, -0.1) is 0 Å². The van der Waals surface area contributed by atoms with E-state index in [1.807, 2.05) is 23.9 Å². The Hall–Kier alpha value is -2.38. The zero-order chi connectivity index (χ0) is 15.2. The van der Waals surface area contributed by atoms with E-state index in [0.717, 1.165) is 19.4 Å². The molecule has 2 aromatic heterocycles. The summed E-state index contributed by atoms with van der Waals surface area (Å²) in [5.41, 5.74) is 0.519. The smallest absolute Gasteiger partial charge is 0.333 e. The number of nitrogens with zero attached hydrogens (tertiary/aromatic N) is 5. The third kappa shape index (κ3) is 3.59. The summed E-state index contributed by atoms with van der Waals surface area (Å²) in [5.74, 6) is 0.500. The van der Waals surface area contributed by atoms with Gasteiger partial charge in [-0.3, -0.25) is 14.8 Å². The third-order valence-electron chi connectivity index (χ3n) is 3.13. The van der Waals surface area contributed by atoms with Gasteiger partial charge in [0.25, 0.3) is 0 Å². The van der Waals surface area contributed by atoms with Crippen molar-refractivity contribution in [2.45, 2.75) is 39.8 Å². The third-order valence-corrected chi connectivity index (χ3v) is 3.13. The van der Waals surface area contributed by atoms with Crippen LogP contribution in [0.2, 0.25) is 0 Å². The summed E-state index contributed by atoms with van der Waals surface area (Å²) in [6.45, 7) is 5.75. The van der Waals surface area contributed by atoms with E-state index in [1.165, 1.54) is 0 Å². The van der Waals surface area contributed by atoms with Crippen LogP contribution in [0.5, 0.6) is 0 Å². The number of rotatable bonds is 8. The maximum Gasteiger partial charge on any atom is 0.333 e. The SMILES string of the molecule is CCCn1nc(C)c([N+](=O)[O-])c1NCCCn1cccn1. The summed E-state index contributed by atoms with van der Waals surface area (Å²) in [5, 5.41) is 22.7. The van der Waals surface area contributed by atoms with Crippen LogP contribution < -0.4 is 5.32 Å². The molecule has 0 amide bonds. The van der Waals surface area contributed by atoms with E-state index in [-0.39, 0.29) is 10.6 Å². The number of hydrogen-bond donors (Lipinski definition) is 1. The first-order valence-electron chi connectivity index (χ1n) is 7.06. The lowest BCUT2D eigenvalue weighted by Gasteiger charge is -2.08. The number of anilines is 1. The molecule has 2 rings (SSSR count). The van der Waals surface area contributed by atoms with E-state index >= 15 is 0 Å². The molecule has 0 aliphatic carbocycles. The summed E-state index contributed by atoms with van der Waals surface area (Å²) in [6.07, 6.45) is 5.33. The van der Waals surface area contributed by atoms with E-state index in [9.17, 15) is 10.1 Å². The highest BCUT2D eigenvalue weighted by atomic mass is 16.6. The van der Waals surface area contributed by atoms with Crippen LogP contribution in [0.25, 0.3) is 0 Å². The molecule has 0 fully saturated rings. The molecule has 0 aliphatic heterocycles. The average molecular weight is 292 g/mol. The van der Waals surface area contributed by atoms with Gasteiger partial charge >= 0.3 is 5.69 Å². The molecule has 0 unspecified atom stereocenters. The van der Waals surface area contributed by atoms with E-state index < -0.39 is 0 Å². The largest absolute Gasteiger partial charge is 0.364 e. The molecule has 2 heterocycles. The van der Waals surface area contributed by atoms with Gasteiger partial charge in [0.2, 0.25) is 5.82 Å². The summed E-state index contributed by atoms with van der Waals surface area (Å²) >= 11 is 0. The lowest BCUT2D eigenvalue weighted by molar-refractivity contribution is -0.384. The molecule has 2 aromatic rings. The summed E-state index contributed by atoms with van der Waals surface area (Å²) < 4.78 is 3.52. The Labute approximate surface area is 122 Å². The fourth-order valence-corrected chi connectivity index (χ4v) is 2.22. The Kier molecular flexibility index (Phi) is 4.91.